The average molecular weight is 488 g/mol. The summed E-state index contributed by atoms with van der Waals surface area (Å²) in [4.78, 5) is 10.9. The van der Waals surface area contributed by atoms with Crippen molar-refractivity contribution >= 4 is 32.1 Å². The van der Waals surface area contributed by atoms with Crippen molar-refractivity contribution in [3.63, 3.8) is 0 Å². The van der Waals surface area contributed by atoms with Crippen LogP contribution in [0, 0.1) is 0 Å². The monoisotopic (exact) mass is 488 g/mol. The van der Waals surface area contributed by atoms with E-state index in [0.717, 1.165) is 43.5 Å². The van der Waals surface area contributed by atoms with Gasteiger partial charge in [-0.05, 0) is 29.8 Å². The van der Waals surface area contributed by atoms with Gasteiger partial charge in [-0.3, -0.25) is 4.79 Å². The van der Waals surface area contributed by atoms with Gasteiger partial charge < -0.3 is 23.7 Å². The Morgan fingerprint density at radius 2 is 1.45 bits per heavy atom. The van der Waals surface area contributed by atoms with Crippen molar-refractivity contribution in [2.24, 2.45) is 0 Å². The van der Waals surface area contributed by atoms with Crippen molar-refractivity contribution in [1.29, 1.82) is 0 Å². The maximum Gasteiger partial charge on any atom is 1.00 e. The molecular formula is C17H14Na2O10S2. The summed E-state index contributed by atoms with van der Waals surface area (Å²) >= 11 is 0. The van der Waals surface area contributed by atoms with Crippen LogP contribution in [-0.2, 0) is 20.2 Å². The summed E-state index contributed by atoms with van der Waals surface area (Å²) in [6.07, 6.45) is 2.07. The quantitative estimate of drug-likeness (QED) is 0.172. The van der Waals surface area contributed by atoms with Gasteiger partial charge in [-0.25, -0.2) is 16.8 Å². The molecule has 2 aromatic rings. The number of aromatic hydroxyl groups is 1. The molecule has 0 aliphatic carbocycles. The molecule has 0 heterocycles. The Balaban J connectivity index is 0.00000450. The SMILES string of the molecule is COc1cc(OC)c(S(=O)(=O)[O-])cc1C(=O)/C=C/c1ccc(O)c(S(=O)(=O)[O-])c1.[Na+].[Na+]. The molecule has 2 aromatic carbocycles. The molecule has 1 N–H and O–H groups in total. The fourth-order valence-corrected chi connectivity index (χ4v) is 3.61. The normalized spacial score (nSPS) is 11.4. The van der Waals surface area contributed by atoms with Crippen LogP contribution in [-0.4, -0.2) is 51.1 Å². The minimum Gasteiger partial charge on any atom is -0.744 e. The van der Waals surface area contributed by atoms with E-state index in [-0.39, 0.29) is 81.7 Å². The number of carbonyl (C=O) groups is 1. The number of methoxy groups -OCH3 is 2. The fraction of sp³-hybridized carbons (Fsp3) is 0.118. The summed E-state index contributed by atoms with van der Waals surface area (Å²) in [5, 5.41) is 9.47. The van der Waals surface area contributed by atoms with E-state index in [2.05, 4.69) is 0 Å². The van der Waals surface area contributed by atoms with E-state index in [1.807, 2.05) is 0 Å². The van der Waals surface area contributed by atoms with Gasteiger partial charge in [0.15, 0.2) is 5.78 Å². The number of allylic oxidation sites excluding steroid dienone is 1. The first-order chi connectivity index (χ1) is 13.4. The van der Waals surface area contributed by atoms with Gasteiger partial charge in [0, 0.05) is 6.07 Å². The molecule has 14 heteroatoms. The molecule has 156 valence electrons. The topological polar surface area (TPSA) is 170 Å². The molecular weight excluding hydrogens is 474 g/mol. The molecule has 0 unspecified atom stereocenters. The Labute approximate surface area is 223 Å². The second-order valence-electron chi connectivity index (χ2n) is 5.54. The van der Waals surface area contributed by atoms with Crippen LogP contribution in [0.3, 0.4) is 0 Å². The molecule has 0 spiro atoms. The second-order valence-corrected chi connectivity index (χ2v) is 8.23. The molecule has 0 fully saturated rings. The first-order valence-corrected chi connectivity index (χ1v) is 10.4. The maximum absolute atomic E-state index is 12.5. The van der Waals surface area contributed by atoms with E-state index in [9.17, 15) is 35.8 Å². The van der Waals surface area contributed by atoms with E-state index in [1.54, 1.807) is 0 Å². The van der Waals surface area contributed by atoms with Crippen LogP contribution >= 0.6 is 0 Å². The summed E-state index contributed by atoms with van der Waals surface area (Å²) in [5.41, 5.74) is -0.177. The summed E-state index contributed by atoms with van der Waals surface area (Å²) in [7, 11) is -7.55. The zero-order chi connectivity index (χ0) is 22.0. The zero-order valence-electron chi connectivity index (χ0n) is 17.0. The van der Waals surface area contributed by atoms with E-state index in [1.165, 1.54) is 13.2 Å². The summed E-state index contributed by atoms with van der Waals surface area (Å²) in [6.45, 7) is 0. The molecule has 0 saturated heterocycles. The molecule has 0 radical (unpaired) electrons. The Morgan fingerprint density at radius 3 is 1.94 bits per heavy atom. The van der Waals surface area contributed by atoms with Gasteiger partial charge in [0.25, 0.3) is 0 Å². The van der Waals surface area contributed by atoms with E-state index < -0.39 is 41.6 Å². The van der Waals surface area contributed by atoms with Gasteiger partial charge in [-0.15, -0.1) is 0 Å². The number of phenolic OH excluding ortho intramolecular Hbond substituents is 1. The summed E-state index contributed by atoms with van der Waals surface area (Å²) < 4.78 is 77.5. The Bertz CT molecular complexity index is 1210. The number of hydrogen-bond acceptors (Lipinski definition) is 10. The second kappa shape index (κ2) is 11.8. The van der Waals surface area contributed by atoms with E-state index in [4.69, 9.17) is 9.47 Å². The number of phenols is 1. The van der Waals surface area contributed by atoms with E-state index >= 15 is 0 Å². The third kappa shape index (κ3) is 7.56. The molecule has 0 saturated carbocycles. The molecule has 0 aliphatic rings. The van der Waals surface area contributed by atoms with Crippen molar-refractivity contribution in [2.75, 3.05) is 14.2 Å². The number of benzene rings is 2. The van der Waals surface area contributed by atoms with Gasteiger partial charge in [-0.2, -0.15) is 0 Å². The number of carbonyl (C=O) groups excluding carboxylic acids is 1. The minimum absolute atomic E-state index is 0. The van der Waals surface area contributed by atoms with Gasteiger partial charge in [0.1, 0.15) is 37.5 Å². The van der Waals surface area contributed by atoms with Crippen LogP contribution in [0.5, 0.6) is 17.2 Å². The van der Waals surface area contributed by atoms with Gasteiger partial charge >= 0.3 is 59.1 Å². The first kappa shape index (κ1) is 30.1. The van der Waals surface area contributed by atoms with Gasteiger partial charge in [-0.1, -0.05) is 12.1 Å². The van der Waals surface area contributed by atoms with Crippen molar-refractivity contribution in [2.45, 2.75) is 9.79 Å². The minimum atomic E-state index is -4.96. The predicted octanol–water partition coefficient (Wildman–Crippen LogP) is -4.88. The predicted molar refractivity (Wildman–Crippen MR) is 96.9 cm³/mol. The van der Waals surface area contributed by atoms with Crippen LogP contribution in [0.4, 0.5) is 0 Å². The molecule has 2 rings (SSSR count). The van der Waals surface area contributed by atoms with E-state index in [0.29, 0.717) is 0 Å². The third-order valence-corrected chi connectivity index (χ3v) is 5.42. The number of rotatable bonds is 7. The first-order valence-electron chi connectivity index (χ1n) is 7.61. The van der Waals surface area contributed by atoms with Crippen molar-refractivity contribution in [3.8, 4) is 17.2 Å². The molecule has 31 heavy (non-hydrogen) atoms. The summed E-state index contributed by atoms with van der Waals surface area (Å²) in [5.74, 6) is -1.90. The molecule has 0 aromatic heterocycles. The summed E-state index contributed by atoms with van der Waals surface area (Å²) in [6, 6.07) is 4.93. The van der Waals surface area contributed by atoms with Crippen LogP contribution in [0.15, 0.2) is 46.2 Å². The molecule has 0 atom stereocenters. The van der Waals surface area contributed by atoms with Crippen LogP contribution in [0.1, 0.15) is 15.9 Å². The molecule has 0 bridgehead atoms. The molecule has 0 aliphatic heterocycles. The van der Waals surface area contributed by atoms with Crippen LogP contribution in [0.25, 0.3) is 6.08 Å². The zero-order valence-corrected chi connectivity index (χ0v) is 22.6. The largest absolute Gasteiger partial charge is 1.00 e. The number of ether oxygens (including phenoxy) is 2. The van der Waals surface area contributed by atoms with Gasteiger partial charge in [0.05, 0.1) is 29.6 Å². The van der Waals surface area contributed by atoms with Crippen molar-refractivity contribution < 1.29 is 104 Å². The maximum atomic E-state index is 12.5. The Kier molecular flexibility index (Phi) is 11.4. The molecule has 10 nitrogen and oxygen atoms in total. The van der Waals surface area contributed by atoms with Gasteiger partial charge in [0.2, 0.25) is 0 Å². The smallest absolute Gasteiger partial charge is 0.744 e. The molecule has 0 amide bonds. The van der Waals surface area contributed by atoms with Crippen molar-refractivity contribution in [1.82, 2.24) is 0 Å². The fourth-order valence-electron chi connectivity index (χ4n) is 2.35. The van der Waals surface area contributed by atoms with Crippen LogP contribution < -0.4 is 68.6 Å². The number of hydrogen-bond donors (Lipinski definition) is 1. The Hall–Kier alpha value is -0.930. The standard InChI is InChI=1S/C17H16O10S2.2Na/c1-26-14-9-15(27-2)17(29(23,24)25)8-11(14)12(18)5-3-10-4-6-13(19)16(7-10)28(20,21)22;;/h3-9,19H,1-2H3,(H,20,21,22)(H,23,24,25);;/q;2*+1/p-2/b5-3+;;. The number of ketones is 1. The van der Waals surface area contributed by atoms with Crippen molar-refractivity contribution in [3.05, 3.63) is 47.5 Å². The Morgan fingerprint density at radius 1 is 0.903 bits per heavy atom. The third-order valence-electron chi connectivity index (χ3n) is 3.70. The van der Waals surface area contributed by atoms with Crippen LogP contribution in [0.2, 0.25) is 0 Å². The average Bonchev–Trinajstić information content (AvgIpc) is 2.64.